The highest BCUT2D eigenvalue weighted by atomic mass is 35.5. The van der Waals surface area contributed by atoms with Gasteiger partial charge < -0.3 is 19.5 Å². The van der Waals surface area contributed by atoms with Crippen molar-refractivity contribution < 1.29 is 19.0 Å². The minimum atomic E-state index is -0.544. The average Bonchev–Trinajstić information content (AvgIpc) is 2.86. The molecular weight excluding hydrogens is 282 g/mol. The van der Waals surface area contributed by atoms with Gasteiger partial charge in [0.25, 0.3) is 0 Å². The number of hydrogen-bond donors (Lipinski definition) is 1. The molecule has 0 bridgehead atoms. The van der Waals surface area contributed by atoms with Gasteiger partial charge in [-0.1, -0.05) is 6.07 Å². The maximum Gasteiger partial charge on any atom is 0.303 e. The van der Waals surface area contributed by atoms with Gasteiger partial charge in [-0.25, -0.2) is 0 Å². The summed E-state index contributed by atoms with van der Waals surface area (Å²) < 4.78 is 16.4. The maximum absolute atomic E-state index is 11.4. The van der Waals surface area contributed by atoms with E-state index in [1.54, 1.807) is 0 Å². The van der Waals surface area contributed by atoms with Crippen LogP contribution in [0.15, 0.2) is 18.2 Å². The topological polar surface area (TPSA) is 56.8 Å². The van der Waals surface area contributed by atoms with Crippen molar-refractivity contribution in [3.05, 3.63) is 23.8 Å². The van der Waals surface area contributed by atoms with Crippen molar-refractivity contribution in [2.75, 3.05) is 19.9 Å². The molecule has 0 aliphatic carbocycles. The Balaban J connectivity index is 0.00000147. The van der Waals surface area contributed by atoms with Crippen LogP contribution in [-0.2, 0) is 15.1 Å². The molecule has 20 heavy (non-hydrogen) atoms. The Bertz CT molecular complexity index is 500. The van der Waals surface area contributed by atoms with E-state index in [2.05, 4.69) is 5.32 Å². The highest BCUT2D eigenvalue weighted by molar-refractivity contribution is 5.85. The van der Waals surface area contributed by atoms with Crippen molar-refractivity contribution >= 4 is 18.4 Å². The number of nitrogens with one attached hydrogen (secondary N) is 1. The summed E-state index contributed by atoms with van der Waals surface area (Å²) in [4.78, 5) is 11.4. The Hall–Kier alpha value is -1.46. The number of carbonyl (C=O) groups is 1. The lowest BCUT2D eigenvalue weighted by Crippen LogP contribution is -2.42. The number of ether oxygens (including phenoxy) is 3. The summed E-state index contributed by atoms with van der Waals surface area (Å²) in [7, 11) is 0. The molecule has 110 valence electrons. The van der Waals surface area contributed by atoms with E-state index in [0.717, 1.165) is 43.0 Å². The molecule has 0 atom stereocenters. The van der Waals surface area contributed by atoms with Gasteiger partial charge in [-0.2, -0.15) is 0 Å². The van der Waals surface area contributed by atoms with Crippen LogP contribution >= 0.6 is 12.4 Å². The van der Waals surface area contributed by atoms with Crippen LogP contribution in [0.1, 0.15) is 25.3 Å². The van der Waals surface area contributed by atoms with E-state index in [0.29, 0.717) is 0 Å². The van der Waals surface area contributed by atoms with E-state index >= 15 is 0 Å². The summed E-state index contributed by atoms with van der Waals surface area (Å²) in [6, 6.07) is 5.77. The number of carbonyl (C=O) groups excluding carboxylic acids is 1. The van der Waals surface area contributed by atoms with Crippen LogP contribution in [-0.4, -0.2) is 25.9 Å². The quantitative estimate of drug-likeness (QED) is 0.846. The first-order valence-corrected chi connectivity index (χ1v) is 6.50. The molecule has 1 aromatic carbocycles. The molecule has 0 radical (unpaired) electrons. The lowest BCUT2D eigenvalue weighted by molar-refractivity contribution is -0.161. The first-order chi connectivity index (χ1) is 9.20. The Kier molecular flexibility index (Phi) is 4.40. The zero-order valence-electron chi connectivity index (χ0n) is 11.3. The third-order valence-electron chi connectivity index (χ3n) is 3.65. The van der Waals surface area contributed by atoms with Crippen LogP contribution in [0.3, 0.4) is 0 Å². The van der Waals surface area contributed by atoms with E-state index in [-0.39, 0.29) is 25.2 Å². The summed E-state index contributed by atoms with van der Waals surface area (Å²) in [5.41, 5.74) is 0.436. The molecular formula is C14H18ClNO4. The fourth-order valence-electron chi connectivity index (χ4n) is 2.74. The Morgan fingerprint density at radius 1 is 1.25 bits per heavy atom. The molecule has 2 aliphatic rings. The molecule has 0 aromatic heterocycles. The van der Waals surface area contributed by atoms with Gasteiger partial charge in [-0.05, 0) is 30.8 Å². The van der Waals surface area contributed by atoms with Gasteiger partial charge in [0, 0.05) is 19.8 Å². The SMILES string of the molecule is CC(=O)OC1(c2ccc3c(c2)OCO3)CCNCC1.Cl. The van der Waals surface area contributed by atoms with Gasteiger partial charge in [-0.3, -0.25) is 4.79 Å². The number of benzene rings is 1. The van der Waals surface area contributed by atoms with Gasteiger partial charge in [-0.15, -0.1) is 12.4 Å². The molecule has 2 heterocycles. The van der Waals surface area contributed by atoms with Gasteiger partial charge in [0.05, 0.1) is 0 Å². The fourth-order valence-corrected chi connectivity index (χ4v) is 2.74. The Morgan fingerprint density at radius 3 is 2.65 bits per heavy atom. The smallest absolute Gasteiger partial charge is 0.303 e. The van der Waals surface area contributed by atoms with Gasteiger partial charge in [0.1, 0.15) is 5.60 Å². The second kappa shape index (κ2) is 5.89. The first-order valence-electron chi connectivity index (χ1n) is 6.50. The average molecular weight is 300 g/mol. The minimum absolute atomic E-state index is 0. The molecule has 3 rings (SSSR count). The van der Waals surface area contributed by atoms with Gasteiger partial charge in [0.15, 0.2) is 11.5 Å². The Morgan fingerprint density at radius 2 is 1.95 bits per heavy atom. The maximum atomic E-state index is 11.4. The predicted octanol–water partition coefficient (Wildman–Crippen LogP) is 1.98. The molecule has 1 aromatic rings. The van der Waals surface area contributed by atoms with Crippen molar-refractivity contribution in [2.45, 2.75) is 25.4 Å². The monoisotopic (exact) mass is 299 g/mol. The fraction of sp³-hybridized carbons (Fsp3) is 0.500. The van der Waals surface area contributed by atoms with E-state index in [4.69, 9.17) is 14.2 Å². The lowest BCUT2D eigenvalue weighted by atomic mass is 9.84. The van der Waals surface area contributed by atoms with Crippen molar-refractivity contribution in [2.24, 2.45) is 0 Å². The van der Waals surface area contributed by atoms with E-state index < -0.39 is 5.60 Å². The molecule has 0 amide bonds. The highest BCUT2D eigenvalue weighted by Gasteiger charge is 2.38. The first kappa shape index (κ1) is 14.9. The van der Waals surface area contributed by atoms with Crippen LogP contribution in [0.25, 0.3) is 0 Å². The molecule has 0 saturated carbocycles. The predicted molar refractivity (Wildman–Crippen MR) is 75.4 cm³/mol. The lowest BCUT2D eigenvalue weighted by Gasteiger charge is -2.37. The summed E-state index contributed by atoms with van der Waals surface area (Å²) in [6.07, 6.45) is 1.54. The zero-order chi connectivity index (χ0) is 13.3. The number of esters is 1. The standard InChI is InChI=1S/C14H17NO4.ClH/c1-10(16)19-14(4-6-15-7-5-14)11-2-3-12-13(8-11)18-9-17-12;/h2-3,8,15H,4-7,9H2,1H3;1H. The van der Waals surface area contributed by atoms with Crippen LogP contribution in [0.4, 0.5) is 0 Å². The Labute approximate surface area is 124 Å². The van der Waals surface area contributed by atoms with E-state index in [1.165, 1.54) is 6.92 Å². The van der Waals surface area contributed by atoms with Crippen molar-refractivity contribution in [3.63, 3.8) is 0 Å². The van der Waals surface area contributed by atoms with Crippen molar-refractivity contribution in [3.8, 4) is 11.5 Å². The van der Waals surface area contributed by atoms with Crippen molar-refractivity contribution in [1.82, 2.24) is 5.32 Å². The van der Waals surface area contributed by atoms with Crippen LogP contribution in [0.2, 0.25) is 0 Å². The van der Waals surface area contributed by atoms with Crippen LogP contribution in [0.5, 0.6) is 11.5 Å². The highest BCUT2D eigenvalue weighted by Crippen LogP contribution is 2.40. The number of fused-ring (bicyclic) bond motifs is 1. The zero-order valence-corrected chi connectivity index (χ0v) is 12.1. The summed E-state index contributed by atoms with van der Waals surface area (Å²) in [5.74, 6) is 1.22. The number of rotatable bonds is 2. The summed E-state index contributed by atoms with van der Waals surface area (Å²) >= 11 is 0. The van der Waals surface area contributed by atoms with Crippen LogP contribution in [0, 0.1) is 0 Å². The number of piperidine rings is 1. The van der Waals surface area contributed by atoms with Gasteiger partial charge >= 0.3 is 5.97 Å². The third kappa shape index (κ3) is 2.69. The third-order valence-corrected chi connectivity index (χ3v) is 3.65. The number of halogens is 1. The van der Waals surface area contributed by atoms with Gasteiger partial charge in [0.2, 0.25) is 6.79 Å². The molecule has 0 spiro atoms. The second-order valence-corrected chi connectivity index (χ2v) is 4.91. The second-order valence-electron chi connectivity index (χ2n) is 4.91. The normalized spacial score (nSPS) is 19.1. The molecule has 1 N–H and O–H groups in total. The van der Waals surface area contributed by atoms with Crippen LogP contribution < -0.4 is 14.8 Å². The summed E-state index contributed by atoms with van der Waals surface area (Å²) in [6.45, 7) is 3.38. The molecule has 1 saturated heterocycles. The molecule has 5 nitrogen and oxygen atoms in total. The summed E-state index contributed by atoms with van der Waals surface area (Å²) in [5, 5.41) is 3.29. The largest absolute Gasteiger partial charge is 0.454 e. The molecule has 2 aliphatic heterocycles. The molecule has 6 heteroatoms. The minimum Gasteiger partial charge on any atom is -0.454 e. The number of hydrogen-bond acceptors (Lipinski definition) is 5. The molecule has 1 fully saturated rings. The molecule has 0 unspecified atom stereocenters. The van der Waals surface area contributed by atoms with Crippen molar-refractivity contribution in [1.29, 1.82) is 0 Å². The van der Waals surface area contributed by atoms with E-state index in [9.17, 15) is 4.79 Å². The van der Waals surface area contributed by atoms with E-state index in [1.807, 2.05) is 18.2 Å².